The zero-order chi connectivity index (χ0) is 13.8. The van der Waals surface area contributed by atoms with Crippen LogP contribution in [0.15, 0.2) is 30.5 Å². The number of hydrogen-bond donors (Lipinski definition) is 1. The molecule has 6 heteroatoms. The molecule has 0 saturated heterocycles. The summed E-state index contributed by atoms with van der Waals surface area (Å²) in [5, 5.41) is 4.65. The first-order valence-corrected chi connectivity index (χ1v) is 6.22. The molecule has 1 aromatic carbocycles. The fourth-order valence-electron chi connectivity index (χ4n) is 1.60. The van der Waals surface area contributed by atoms with Crippen LogP contribution in [0, 0.1) is 0 Å². The molecule has 100 valence electrons. The van der Waals surface area contributed by atoms with Crippen molar-refractivity contribution in [1.82, 2.24) is 9.78 Å². The SMILES string of the molecule is CCn1cc(N)c(C(=O)OCc2cccc(Cl)c2)n1. The van der Waals surface area contributed by atoms with E-state index in [4.69, 9.17) is 22.1 Å². The van der Waals surface area contributed by atoms with Gasteiger partial charge in [-0.1, -0.05) is 23.7 Å². The quantitative estimate of drug-likeness (QED) is 0.873. The molecule has 0 atom stereocenters. The molecule has 19 heavy (non-hydrogen) atoms. The maximum absolute atomic E-state index is 11.8. The van der Waals surface area contributed by atoms with Gasteiger partial charge in [0.25, 0.3) is 0 Å². The molecule has 0 aliphatic carbocycles. The van der Waals surface area contributed by atoms with Crippen molar-refractivity contribution < 1.29 is 9.53 Å². The van der Waals surface area contributed by atoms with E-state index in [-0.39, 0.29) is 12.3 Å². The second-order valence-corrected chi connectivity index (χ2v) is 4.43. The normalized spacial score (nSPS) is 10.4. The Morgan fingerprint density at radius 1 is 1.53 bits per heavy atom. The second-order valence-electron chi connectivity index (χ2n) is 3.99. The molecule has 0 radical (unpaired) electrons. The maximum Gasteiger partial charge on any atom is 0.361 e. The van der Waals surface area contributed by atoms with E-state index < -0.39 is 5.97 Å². The highest BCUT2D eigenvalue weighted by Crippen LogP contribution is 2.14. The van der Waals surface area contributed by atoms with Crippen molar-refractivity contribution in [2.75, 3.05) is 5.73 Å². The van der Waals surface area contributed by atoms with Crippen LogP contribution < -0.4 is 5.73 Å². The Hall–Kier alpha value is -2.01. The summed E-state index contributed by atoms with van der Waals surface area (Å²) in [5.41, 5.74) is 6.98. The average Bonchev–Trinajstić information content (AvgIpc) is 2.77. The lowest BCUT2D eigenvalue weighted by Gasteiger charge is -2.04. The van der Waals surface area contributed by atoms with E-state index in [1.165, 1.54) is 0 Å². The van der Waals surface area contributed by atoms with E-state index in [0.717, 1.165) is 5.56 Å². The summed E-state index contributed by atoms with van der Waals surface area (Å²) in [4.78, 5) is 11.8. The Kier molecular flexibility index (Phi) is 4.06. The highest BCUT2D eigenvalue weighted by molar-refractivity contribution is 6.30. The number of aryl methyl sites for hydroxylation is 1. The highest BCUT2D eigenvalue weighted by atomic mass is 35.5. The van der Waals surface area contributed by atoms with Crippen molar-refractivity contribution in [3.63, 3.8) is 0 Å². The van der Waals surface area contributed by atoms with Gasteiger partial charge >= 0.3 is 5.97 Å². The lowest BCUT2D eigenvalue weighted by molar-refractivity contribution is 0.0466. The first kappa shape index (κ1) is 13.4. The van der Waals surface area contributed by atoms with E-state index >= 15 is 0 Å². The molecule has 2 rings (SSSR count). The minimum absolute atomic E-state index is 0.137. The van der Waals surface area contributed by atoms with E-state index in [9.17, 15) is 4.79 Å². The molecule has 0 fully saturated rings. The van der Waals surface area contributed by atoms with Crippen LogP contribution in [-0.4, -0.2) is 15.7 Å². The fourth-order valence-corrected chi connectivity index (χ4v) is 1.81. The van der Waals surface area contributed by atoms with Gasteiger partial charge in [-0.25, -0.2) is 4.79 Å². The minimum Gasteiger partial charge on any atom is -0.456 e. The number of esters is 1. The monoisotopic (exact) mass is 279 g/mol. The number of nitrogens with two attached hydrogens (primary N) is 1. The van der Waals surface area contributed by atoms with Gasteiger partial charge in [0, 0.05) is 17.8 Å². The van der Waals surface area contributed by atoms with Crippen molar-refractivity contribution in [2.45, 2.75) is 20.1 Å². The standard InChI is InChI=1S/C13H14ClN3O2/c1-2-17-7-11(15)12(16-17)13(18)19-8-9-4-3-5-10(14)6-9/h3-7H,2,8,15H2,1H3. The zero-order valence-electron chi connectivity index (χ0n) is 10.5. The van der Waals surface area contributed by atoms with Gasteiger partial charge < -0.3 is 10.5 Å². The van der Waals surface area contributed by atoms with Crippen molar-refractivity contribution in [2.24, 2.45) is 0 Å². The number of nitrogens with zero attached hydrogens (tertiary/aromatic N) is 2. The number of carbonyl (C=O) groups excluding carboxylic acids is 1. The van der Waals surface area contributed by atoms with Gasteiger partial charge in [-0.2, -0.15) is 5.10 Å². The molecule has 0 spiro atoms. The molecule has 2 aromatic rings. The number of ether oxygens (including phenoxy) is 1. The van der Waals surface area contributed by atoms with Gasteiger partial charge in [0.05, 0.1) is 5.69 Å². The maximum atomic E-state index is 11.8. The number of carbonyl (C=O) groups is 1. The average molecular weight is 280 g/mol. The number of hydrogen-bond acceptors (Lipinski definition) is 4. The van der Waals surface area contributed by atoms with Crippen LogP contribution in [-0.2, 0) is 17.9 Å². The van der Waals surface area contributed by atoms with Gasteiger partial charge in [0.2, 0.25) is 0 Å². The number of rotatable bonds is 4. The molecule has 0 bridgehead atoms. The fraction of sp³-hybridized carbons (Fsp3) is 0.231. The van der Waals surface area contributed by atoms with Crippen LogP contribution >= 0.6 is 11.6 Å². The third kappa shape index (κ3) is 3.26. The van der Waals surface area contributed by atoms with Crippen LogP contribution in [0.2, 0.25) is 5.02 Å². The van der Waals surface area contributed by atoms with E-state index in [1.807, 2.05) is 13.0 Å². The summed E-state index contributed by atoms with van der Waals surface area (Å²) in [6, 6.07) is 7.12. The molecule has 0 amide bonds. The molecular weight excluding hydrogens is 266 g/mol. The Balaban J connectivity index is 2.03. The lowest BCUT2D eigenvalue weighted by Crippen LogP contribution is -2.09. The van der Waals surface area contributed by atoms with Crippen LogP contribution in [0.25, 0.3) is 0 Å². The zero-order valence-corrected chi connectivity index (χ0v) is 11.2. The summed E-state index contributed by atoms with van der Waals surface area (Å²) in [5.74, 6) is -0.537. The van der Waals surface area contributed by atoms with Crippen molar-refractivity contribution in [1.29, 1.82) is 0 Å². The molecule has 5 nitrogen and oxygen atoms in total. The predicted octanol–water partition coefficient (Wildman–Crippen LogP) is 2.50. The number of benzene rings is 1. The van der Waals surface area contributed by atoms with Gasteiger partial charge in [-0.15, -0.1) is 0 Å². The van der Waals surface area contributed by atoms with Crippen molar-refractivity contribution >= 4 is 23.3 Å². The number of nitrogen functional groups attached to an aromatic ring is 1. The molecule has 0 unspecified atom stereocenters. The van der Waals surface area contributed by atoms with E-state index in [1.54, 1.807) is 29.1 Å². The van der Waals surface area contributed by atoms with Crippen LogP contribution in [0.1, 0.15) is 23.0 Å². The topological polar surface area (TPSA) is 70.1 Å². The lowest BCUT2D eigenvalue weighted by atomic mass is 10.2. The summed E-state index contributed by atoms with van der Waals surface area (Å²) in [6.07, 6.45) is 1.61. The van der Waals surface area contributed by atoms with Crippen molar-refractivity contribution in [3.8, 4) is 0 Å². The second kappa shape index (κ2) is 5.75. The Bertz CT molecular complexity index is 595. The Morgan fingerprint density at radius 2 is 2.32 bits per heavy atom. The van der Waals surface area contributed by atoms with E-state index in [0.29, 0.717) is 17.3 Å². The number of aromatic nitrogens is 2. The smallest absolute Gasteiger partial charge is 0.361 e. The largest absolute Gasteiger partial charge is 0.456 e. The molecule has 2 N–H and O–H groups in total. The first-order valence-electron chi connectivity index (χ1n) is 5.84. The molecular formula is C13H14ClN3O2. The van der Waals surface area contributed by atoms with Gasteiger partial charge in [0.15, 0.2) is 5.69 Å². The van der Waals surface area contributed by atoms with Gasteiger partial charge in [-0.3, -0.25) is 4.68 Å². The van der Waals surface area contributed by atoms with Crippen LogP contribution in [0.3, 0.4) is 0 Å². The molecule has 0 aliphatic rings. The van der Waals surface area contributed by atoms with Crippen LogP contribution in [0.5, 0.6) is 0 Å². The Morgan fingerprint density at radius 3 is 2.95 bits per heavy atom. The Labute approximate surface area is 115 Å². The molecule has 1 aromatic heterocycles. The number of anilines is 1. The summed E-state index contributed by atoms with van der Waals surface area (Å²) in [6.45, 7) is 2.69. The van der Waals surface area contributed by atoms with Gasteiger partial charge in [0.1, 0.15) is 6.61 Å². The molecule has 0 aliphatic heterocycles. The van der Waals surface area contributed by atoms with Crippen molar-refractivity contribution in [3.05, 3.63) is 46.7 Å². The van der Waals surface area contributed by atoms with Gasteiger partial charge in [-0.05, 0) is 24.6 Å². The van der Waals surface area contributed by atoms with E-state index in [2.05, 4.69) is 5.10 Å². The summed E-state index contributed by atoms with van der Waals surface area (Å²) < 4.78 is 6.74. The predicted molar refractivity (Wildman–Crippen MR) is 72.9 cm³/mol. The highest BCUT2D eigenvalue weighted by Gasteiger charge is 2.16. The molecule has 1 heterocycles. The first-order chi connectivity index (χ1) is 9.10. The van der Waals surface area contributed by atoms with Crippen LogP contribution in [0.4, 0.5) is 5.69 Å². The number of halogens is 1. The summed E-state index contributed by atoms with van der Waals surface area (Å²) in [7, 11) is 0. The third-order valence-electron chi connectivity index (χ3n) is 2.57. The third-order valence-corrected chi connectivity index (χ3v) is 2.80. The minimum atomic E-state index is -0.537. The molecule has 0 saturated carbocycles. The summed E-state index contributed by atoms with van der Waals surface area (Å²) >= 11 is 5.85.